The summed E-state index contributed by atoms with van der Waals surface area (Å²) in [5.74, 6) is 0.356. The average molecular weight is 337 g/mol. The molecule has 1 amide bonds. The van der Waals surface area contributed by atoms with E-state index in [1.807, 2.05) is 40.7 Å². The maximum atomic E-state index is 12.2. The number of ether oxygens (including phenoxy) is 3. The normalized spacial score (nSPS) is 10.9. The predicted molar refractivity (Wildman–Crippen MR) is 91.7 cm³/mol. The van der Waals surface area contributed by atoms with Gasteiger partial charge in [0.05, 0.1) is 6.61 Å². The van der Waals surface area contributed by atoms with Gasteiger partial charge in [0.25, 0.3) is 0 Å². The van der Waals surface area contributed by atoms with E-state index in [0.29, 0.717) is 13.1 Å². The first-order valence-electron chi connectivity index (χ1n) is 8.18. The van der Waals surface area contributed by atoms with Crippen LogP contribution in [0.25, 0.3) is 0 Å². The van der Waals surface area contributed by atoms with Crippen LogP contribution in [-0.2, 0) is 10.2 Å². The minimum absolute atomic E-state index is 0.140. The third-order valence-electron chi connectivity index (χ3n) is 3.48. The smallest absolute Gasteiger partial charge is 0.434 e. The van der Waals surface area contributed by atoms with Crippen LogP contribution in [0.1, 0.15) is 47.1 Å². The van der Waals surface area contributed by atoms with E-state index >= 15 is 0 Å². The van der Waals surface area contributed by atoms with Gasteiger partial charge in [-0.3, -0.25) is 0 Å². The number of hydrogen-bond acceptors (Lipinski definition) is 5. The quantitative estimate of drug-likeness (QED) is 0.590. The molecule has 0 bridgehead atoms. The van der Waals surface area contributed by atoms with Crippen molar-refractivity contribution in [1.82, 2.24) is 4.90 Å². The highest BCUT2D eigenvalue weighted by molar-refractivity contribution is 5.73. The monoisotopic (exact) mass is 337 g/mol. The van der Waals surface area contributed by atoms with Crippen molar-refractivity contribution in [1.29, 1.82) is 0 Å². The largest absolute Gasteiger partial charge is 0.513 e. The molecule has 0 heterocycles. The standard InChI is InChI=1S/C18H27NO5/c1-7-19(8-2)16(20)23-15-12-13(18(4,5)6)10-11-14(15)24-17(21)22-9-3/h10-12H,7-9H2,1-6H3. The molecule has 0 unspecified atom stereocenters. The molecule has 0 aliphatic rings. The molecule has 6 nitrogen and oxygen atoms in total. The summed E-state index contributed by atoms with van der Waals surface area (Å²) in [7, 11) is 0. The lowest BCUT2D eigenvalue weighted by Crippen LogP contribution is -2.33. The molecule has 1 rings (SSSR count). The molecule has 0 aliphatic carbocycles. The topological polar surface area (TPSA) is 65.1 Å². The minimum atomic E-state index is -0.832. The SMILES string of the molecule is CCOC(=O)Oc1ccc(C(C)(C)C)cc1OC(=O)N(CC)CC. The maximum absolute atomic E-state index is 12.2. The van der Waals surface area contributed by atoms with Gasteiger partial charge < -0.3 is 19.1 Å². The summed E-state index contributed by atoms with van der Waals surface area (Å²) in [6.45, 7) is 12.8. The van der Waals surface area contributed by atoms with Crippen LogP contribution in [0.3, 0.4) is 0 Å². The van der Waals surface area contributed by atoms with Crippen molar-refractivity contribution in [2.75, 3.05) is 19.7 Å². The molecule has 0 spiro atoms. The molecule has 1 aromatic rings. The highest BCUT2D eigenvalue weighted by Gasteiger charge is 2.21. The minimum Gasteiger partial charge on any atom is -0.434 e. The summed E-state index contributed by atoms with van der Waals surface area (Å²) in [6, 6.07) is 5.17. The predicted octanol–water partition coefficient (Wildman–Crippen LogP) is 4.36. The molecule has 1 aromatic carbocycles. The molecule has 134 valence electrons. The van der Waals surface area contributed by atoms with E-state index in [-0.39, 0.29) is 23.5 Å². The van der Waals surface area contributed by atoms with Gasteiger partial charge in [0, 0.05) is 13.1 Å². The van der Waals surface area contributed by atoms with Crippen molar-refractivity contribution in [3.63, 3.8) is 0 Å². The van der Waals surface area contributed by atoms with E-state index in [9.17, 15) is 9.59 Å². The molecular weight excluding hydrogens is 310 g/mol. The van der Waals surface area contributed by atoms with Crippen LogP contribution in [0.4, 0.5) is 9.59 Å². The van der Waals surface area contributed by atoms with E-state index in [1.54, 1.807) is 19.1 Å². The van der Waals surface area contributed by atoms with E-state index in [1.165, 1.54) is 4.90 Å². The van der Waals surface area contributed by atoms with Gasteiger partial charge in [-0.1, -0.05) is 26.8 Å². The van der Waals surface area contributed by atoms with Crippen molar-refractivity contribution in [3.05, 3.63) is 23.8 Å². The average Bonchev–Trinajstić information content (AvgIpc) is 2.49. The van der Waals surface area contributed by atoms with Crippen LogP contribution in [-0.4, -0.2) is 36.8 Å². The number of benzene rings is 1. The van der Waals surface area contributed by atoms with Gasteiger partial charge >= 0.3 is 12.2 Å². The third kappa shape index (κ3) is 5.44. The lowest BCUT2D eigenvalue weighted by molar-refractivity contribution is 0.102. The Morgan fingerprint density at radius 2 is 1.62 bits per heavy atom. The van der Waals surface area contributed by atoms with Crippen molar-refractivity contribution in [2.24, 2.45) is 0 Å². The Kier molecular flexibility index (Phi) is 7.07. The fourth-order valence-electron chi connectivity index (χ4n) is 2.02. The Labute approximate surface area is 143 Å². The summed E-state index contributed by atoms with van der Waals surface area (Å²) in [4.78, 5) is 25.4. The summed E-state index contributed by atoms with van der Waals surface area (Å²) < 4.78 is 15.4. The lowest BCUT2D eigenvalue weighted by Gasteiger charge is -2.22. The first-order valence-corrected chi connectivity index (χ1v) is 8.18. The van der Waals surface area contributed by atoms with Gasteiger partial charge in [0.15, 0.2) is 11.5 Å². The van der Waals surface area contributed by atoms with Gasteiger partial charge in [-0.15, -0.1) is 0 Å². The van der Waals surface area contributed by atoms with Gasteiger partial charge in [-0.25, -0.2) is 9.59 Å². The summed E-state index contributed by atoms with van der Waals surface area (Å²) in [6.07, 6.45) is -1.32. The van der Waals surface area contributed by atoms with Gasteiger partial charge in [-0.05, 0) is 43.9 Å². The molecule has 0 aliphatic heterocycles. The molecule has 6 heteroatoms. The molecule has 0 N–H and O–H groups in total. The van der Waals surface area contributed by atoms with E-state index in [0.717, 1.165) is 5.56 Å². The van der Waals surface area contributed by atoms with Crippen molar-refractivity contribution in [3.8, 4) is 11.5 Å². The second kappa shape index (κ2) is 8.57. The van der Waals surface area contributed by atoms with Crippen LogP contribution in [0.15, 0.2) is 18.2 Å². The van der Waals surface area contributed by atoms with Crippen molar-refractivity contribution < 1.29 is 23.8 Å². The Morgan fingerprint density at radius 1 is 1.00 bits per heavy atom. The molecule has 24 heavy (non-hydrogen) atoms. The number of carbonyl (C=O) groups is 2. The summed E-state index contributed by atoms with van der Waals surface area (Å²) in [5, 5.41) is 0. The first kappa shape index (κ1) is 19.8. The highest BCUT2D eigenvalue weighted by Crippen LogP contribution is 2.34. The highest BCUT2D eigenvalue weighted by atomic mass is 16.7. The first-order chi connectivity index (χ1) is 11.2. The number of nitrogens with zero attached hydrogens (tertiary/aromatic N) is 1. The molecule has 0 aromatic heterocycles. The zero-order valence-corrected chi connectivity index (χ0v) is 15.3. The van der Waals surface area contributed by atoms with Gasteiger partial charge in [0.2, 0.25) is 0 Å². The molecule has 0 saturated carbocycles. The van der Waals surface area contributed by atoms with Crippen LogP contribution in [0, 0.1) is 0 Å². The molecule has 0 atom stereocenters. The Hall–Kier alpha value is -2.24. The fraction of sp³-hybridized carbons (Fsp3) is 0.556. The third-order valence-corrected chi connectivity index (χ3v) is 3.48. The maximum Gasteiger partial charge on any atom is 0.513 e. The summed E-state index contributed by atoms with van der Waals surface area (Å²) in [5.41, 5.74) is 0.819. The van der Waals surface area contributed by atoms with Crippen molar-refractivity contribution in [2.45, 2.75) is 47.0 Å². The summed E-state index contributed by atoms with van der Waals surface area (Å²) >= 11 is 0. The Morgan fingerprint density at radius 3 is 2.12 bits per heavy atom. The molecule has 0 saturated heterocycles. The van der Waals surface area contributed by atoms with Crippen molar-refractivity contribution >= 4 is 12.2 Å². The Balaban J connectivity index is 3.14. The van der Waals surface area contributed by atoms with Gasteiger partial charge in [-0.2, -0.15) is 0 Å². The number of hydrogen-bond donors (Lipinski definition) is 0. The number of rotatable bonds is 5. The van der Waals surface area contributed by atoms with E-state index in [2.05, 4.69) is 0 Å². The number of amides is 1. The molecular formula is C18H27NO5. The zero-order valence-electron chi connectivity index (χ0n) is 15.3. The second-order valence-electron chi connectivity index (χ2n) is 6.24. The van der Waals surface area contributed by atoms with Crippen LogP contribution in [0.2, 0.25) is 0 Å². The van der Waals surface area contributed by atoms with Crippen LogP contribution in [0.5, 0.6) is 11.5 Å². The Bertz CT molecular complexity index is 573. The van der Waals surface area contributed by atoms with Crippen LogP contribution < -0.4 is 9.47 Å². The van der Waals surface area contributed by atoms with Crippen LogP contribution >= 0.6 is 0 Å². The molecule has 0 radical (unpaired) electrons. The van der Waals surface area contributed by atoms with E-state index in [4.69, 9.17) is 14.2 Å². The lowest BCUT2D eigenvalue weighted by atomic mass is 9.87. The van der Waals surface area contributed by atoms with Gasteiger partial charge in [0.1, 0.15) is 0 Å². The van der Waals surface area contributed by atoms with E-state index < -0.39 is 12.2 Å². The zero-order chi connectivity index (χ0) is 18.3. The number of carbonyl (C=O) groups excluding carboxylic acids is 2. The second-order valence-corrected chi connectivity index (χ2v) is 6.24. The molecule has 0 fully saturated rings. The fourth-order valence-corrected chi connectivity index (χ4v) is 2.02.